The Labute approximate surface area is 739 Å². The number of ether oxygens (including phenoxy) is 10. The summed E-state index contributed by atoms with van der Waals surface area (Å²) in [5, 5.41) is 77.5. The van der Waals surface area contributed by atoms with Gasteiger partial charge in [-0.15, -0.1) is 0 Å². The van der Waals surface area contributed by atoms with Crippen LogP contribution >= 0.6 is 34.8 Å². The number of likely N-dealkylation sites (N-methyl/N-ethyl adjacent to an activating group) is 1. The summed E-state index contributed by atoms with van der Waals surface area (Å²) in [5.74, 6) is -0.950. The Morgan fingerprint density at radius 2 is 0.746 bits per heavy atom. The van der Waals surface area contributed by atoms with Gasteiger partial charge in [0.2, 0.25) is 0 Å². The topological polar surface area (TPSA) is 437 Å². The number of hydrogen-bond donors (Lipinski definition) is 11. The first-order chi connectivity index (χ1) is 61.0. The number of morpholine rings is 1. The van der Waals surface area contributed by atoms with Gasteiger partial charge >= 0.3 is 17.9 Å². The molecule has 10 heterocycles. The van der Waals surface area contributed by atoms with Crippen LogP contribution in [0.5, 0.6) is 18.0 Å². The summed E-state index contributed by atoms with van der Waals surface area (Å²) >= 11 is 19.8. The van der Waals surface area contributed by atoms with Crippen LogP contribution in [0.1, 0.15) is 36.0 Å². The Morgan fingerprint density at radius 3 is 1.05 bits per heavy atom. The molecule has 0 bridgehead atoms. The fourth-order valence-corrected chi connectivity index (χ4v) is 15.2. The highest BCUT2D eigenvalue weighted by molar-refractivity contribution is 6.34. The van der Waals surface area contributed by atoms with Gasteiger partial charge < -0.3 is 108 Å². The minimum atomic E-state index is -1.08. The van der Waals surface area contributed by atoms with Crippen molar-refractivity contribution < 1.29 is 103 Å². The third-order valence-electron chi connectivity index (χ3n) is 21.5. The number of carbonyl (C=O) groups is 3. The first-order valence-corrected chi connectivity index (χ1v) is 42.4. The molecule has 6 aromatic heterocycles. The first-order valence-electron chi connectivity index (χ1n) is 41.3. The number of aromatic amines is 3. The lowest BCUT2D eigenvalue weighted by Gasteiger charge is -2.31. The maximum Gasteiger partial charge on any atom is 0.310 e. The van der Waals surface area contributed by atoms with E-state index in [1.807, 2.05) is 165 Å². The number of carbonyl (C=O) groups excluding carboxylic acids is 3. The normalized spacial score (nSPS) is 19.9. The molecule has 0 aliphatic carbocycles. The van der Waals surface area contributed by atoms with Crippen molar-refractivity contribution in [3.05, 3.63) is 196 Å². The number of imidazole rings is 3. The summed E-state index contributed by atoms with van der Waals surface area (Å²) in [5.41, 5.74) is 15.9. The van der Waals surface area contributed by atoms with Crippen LogP contribution < -0.4 is 14.2 Å². The van der Waals surface area contributed by atoms with Gasteiger partial charge in [0.25, 0.3) is 18.0 Å². The van der Waals surface area contributed by atoms with Crippen molar-refractivity contribution in [3.8, 4) is 85.2 Å². The fourth-order valence-electron chi connectivity index (χ4n) is 14.5. The standard InChI is InChI=1S/C32H35ClN4O7.C30H33ClN4O6.C29H30ClN3O8/c33-25-17-26-31(36-32(34-26)44-24-16-27(39)28(18-38)43-19-24)35-30(25)23-7-5-22(6-8-23)21-3-1-20(2-4-21)15-29(40)42-14-11-37-9-12-41-13-10-37;1-35(2)11-12-39-27(38)13-18-3-5-19(6-4-18)20-7-9-21(10-8-20)28-23(31)15-24-29(33-28)34-30(32-24)41-22-14-25(37)26(16-36)40-17-22;30-22-11-23-28(33-29(31-23)41-21-10-24(37)25(13-35)39-15-21)32-27(22)19-7-5-18(6-8-19)17-3-1-16(2-4-17)9-26(38)40-14-20(36)12-34/h1-8,17,24,27-28,38-39H,9-16,18-19H2,(H,34,35,36);3-10,15,22,25-26,36-37H,11-14,16-17H2,1-2H3,(H,32,33,34);1-8,11,20-21,24-25,34-37H,9-10,12-15H2,(H,31,32,33)/t24-,27+,28-;22-,25+,26-;20?,21-,24+,25-/m111/s1. The van der Waals surface area contributed by atoms with E-state index in [-0.39, 0.29) is 95.5 Å². The van der Waals surface area contributed by atoms with Crippen molar-refractivity contribution in [3.63, 3.8) is 0 Å². The van der Waals surface area contributed by atoms with Crippen molar-refractivity contribution in [2.75, 3.05) is 120 Å². The molecule has 1 unspecified atom stereocenters. The number of esters is 3. The van der Waals surface area contributed by atoms with Crippen LogP contribution in [-0.2, 0) is 66.8 Å². The number of aromatic nitrogens is 9. The molecule has 12 aromatic rings. The molecule has 0 radical (unpaired) electrons. The third-order valence-corrected chi connectivity index (χ3v) is 22.3. The predicted octanol–water partition coefficient (Wildman–Crippen LogP) is 9.01. The summed E-state index contributed by atoms with van der Waals surface area (Å²) in [7, 11) is 3.87. The summed E-state index contributed by atoms with van der Waals surface area (Å²) < 4.78 is 54.9. The van der Waals surface area contributed by atoms with Crippen molar-refractivity contribution in [2.45, 2.75) is 99.6 Å². The molecule has 6 aromatic carbocycles. The van der Waals surface area contributed by atoms with Crippen LogP contribution in [-0.4, -0.2) is 294 Å². The summed E-state index contributed by atoms with van der Waals surface area (Å²) in [4.78, 5) is 77.0. The molecule has 4 saturated heterocycles. The molecule has 4 fully saturated rings. The number of aliphatic hydroxyl groups excluding tert-OH is 8. The SMILES string of the molecule is CN(C)CCOC(=O)Cc1ccc(-c2ccc(-c3nc4nc(O[C@H]5CO[C@H](CO)[C@@H](O)C5)[nH]c4cc3Cl)cc2)cc1.O=C(Cc1ccc(-c2ccc(-c3nc4nc(O[C@H]5CO[C@H](CO)[C@@H](O)C5)[nH]c4cc3Cl)cc2)cc1)OCC(O)CO.O=C(Cc1ccc(-c2ccc(-c3nc4nc(O[C@H]5CO[C@H](CO)[C@@H](O)C5)[nH]c4cc3Cl)cc2)cc1)OCCN1CCOCC1. The van der Waals surface area contributed by atoms with Gasteiger partial charge in [-0.25, -0.2) is 15.0 Å². The predicted molar refractivity (Wildman–Crippen MR) is 468 cm³/mol. The molecule has 4 aliphatic heterocycles. The van der Waals surface area contributed by atoms with Gasteiger partial charge in [0.05, 0.1) is 146 Å². The third kappa shape index (κ3) is 24.5. The van der Waals surface area contributed by atoms with E-state index in [2.05, 4.69) is 49.8 Å². The molecule has 4 aliphatic rings. The molecule has 10 atom stereocenters. The number of hydrogen-bond acceptors (Lipinski definition) is 29. The molecule has 11 N–H and O–H groups in total. The van der Waals surface area contributed by atoms with E-state index in [9.17, 15) is 50.1 Å². The molecule has 32 nitrogen and oxygen atoms in total. The van der Waals surface area contributed by atoms with Crippen LogP contribution in [0.25, 0.3) is 101 Å². The van der Waals surface area contributed by atoms with Gasteiger partial charge in [-0.2, -0.15) is 15.0 Å². The maximum absolute atomic E-state index is 12.3. The smallest absolute Gasteiger partial charge is 0.310 e. The average Bonchev–Trinajstić information content (AvgIpc) is 1.62. The number of halogens is 3. The highest BCUT2D eigenvalue weighted by Gasteiger charge is 2.35. The number of aliphatic hydroxyl groups is 8. The first kappa shape index (κ1) is 91.5. The van der Waals surface area contributed by atoms with Gasteiger partial charge in [-0.05, 0) is 82.4 Å². The van der Waals surface area contributed by atoms with E-state index >= 15 is 0 Å². The quantitative estimate of drug-likeness (QED) is 0.0148. The number of rotatable bonds is 30. The number of pyridine rings is 3. The van der Waals surface area contributed by atoms with E-state index in [0.717, 1.165) is 99.6 Å². The number of nitrogens with one attached hydrogen (secondary N) is 3. The number of nitrogens with zero attached hydrogens (tertiary/aromatic N) is 8. The Morgan fingerprint density at radius 1 is 0.444 bits per heavy atom. The van der Waals surface area contributed by atoms with Gasteiger partial charge in [-0.1, -0.05) is 180 Å². The van der Waals surface area contributed by atoms with E-state index in [0.29, 0.717) is 105 Å². The van der Waals surface area contributed by atoms with E-state index < -0.39 is 73.6 Å². The second-order valence-electron chi connectivity index (χ2n) is 31.1. The maximum atomic E-state index is 12.3. The minimum absolute atomic E-state index is 0.0600. The molecule has 16 rings (SSSR count). The van der Waals surface area contributed by atoms with Crippen molar-refractivity contribution in [1.82, 2.24) is 54.7 Å². The molecule has 664 valence electrons. The van der Waals surface area contributed by atoms with Gasteiger partial charge in [-0.3, -0.25) is 19.3 Å². The molecule has 35 heteroatoms. The zero-order valence-corrected chi connectivity index (χ0v) is 71.3. The number of fused-ring (bicyclic) bond motifs is 3. The zero-order valence-electron chi connectivity index (χ0n) is 69.0. The number of benzene rings is 6. The monoisotopic (exact) mass is 1790 g/mol. The van der Waals surface area contributed by atoms with Crippen LogP contribution in [0.15, 0.2) is 164 Å². The minimum Gasteiger partial charge on any atom is -0.464 e. The second kappa shape index (κ2) is 43.7. The van der Waals surface area contributed by atoms with Crippen LogP contribution in [0.4, 0.5) is 0 Å². The lowest BCUT2D eigenvalue weighted by atomic mass is 10.0. The van der Waals surface area contributed by atoms with Crippen LogP contribution in [0.3, 0.4) is 0 Å². The molecule has 0 saturated carbocycles. The van der Waals surface area contributed by atoms with Crippen molar-refractivity contribution >= 4 is 86.2 Å². The Hall–Kier alpha value is -10.7. The Balaban J connectivity index is 0.000000153. The molecule has 0 spiro atoms. The Bertz CT molecular complexity index is 5600. The largest absolute Gasteiger partial charge is 0.464 e. The van der Waals surface area contributed by atoms with E-state index in [1.165, 1.54) is 0 Å². The van der Waals surface area contributed by atoms with Gasteiger partial charge in [0.1, 0.15) is 62.5 Å². The van der Waals surface area contributed by atoms with Gasteiger partial charge in [0.15, 0.2) is 16.9 Å². The second-order valence-corrected chi connectivity index (χ2v) is 32.3. The average molecular weight is 1790 g/mol. The highest BCUT2D eigenvalue weighted by Crippen LogP contribution is 2.37. The lowest BCUT2D eigenvalue weighted by Crippen LogP contribution is -2.45. The van der Waals surface area contributed by atoms with E-state index in [1.54, 1.807) is 18.2 Å². The molecular formula is C91H98Cl3N11O21. The molecule has 126 heavy (non-hydrogen) atoms. The van der Waals surface area contributed by atoms with Crippen LogP contribution in [0, 0.1) is 0 Å². The molecule has 0 amide bonds. The van der Waals surface area contributed by atoms with E-state index in [4.69, 9.17) is 87.3 Å². The van der Waals surface area contributed by atoms with Crippen molar-refractivity contribution in [1.29, 1.82) is 0 Å². The summed E-state index contributed by atoms with van der Waals surface area (Å²) in [6.45, 7) is 4.62. The van der Waals surface area contributed by atoms with Crippen LogP contribution in [0.2, 0.25) is 15.1 Å². The van der Waals surface area contributed by atoms with Crippen molar-refractivity contribution in [2.24, 2.45) is 0 Å². The summed E-state index contributed by atoms with van der Waals surface area (Å²) in [6.07, 6.45) is -5.14. The fraction of sp³-hybridized carbons (Fsp3) is 0.374. The molecular weight excluding hydrogens is 1690 g/mol. The Kier molecular flexibility index (Phi) is 31.7. The number of H-pyrrole nitrogens is 3. The lowest BCUT2D eigenvalue weighted by molar-refractivity contribution is -0.146. The zero-order chi connectivity index (χ0) is 88.3. The van der Waals surface area contributed by atoms with Gasteiger partial charge in [0, 0.05) is 62.1 Å². The highest BCUT2D eigenvalue weighted by atomic mass is 35.5. The summed E-state index contributed by atoms with van der Waals surface area (Å²) in [6, 6.07) is 52.7.